The van der Waals surface area contributed by atoms with Crippen molar-refractivity contribution in [2.75, 3.05) is 19.7 Å². The molecule has 5 heteroatoms. The van der Waals surface area contributed by atoms with E-state index in [0.717, 1.165) is 38.5 Å². The zero-order valence-electron chi connectivity index (χ0n) is 18.6. The first kappa shape index (κ1) is 21.0. The third kappa shape index (κ3) is 3.78. The number of hydrogen-bond donors (Lipinski definition) is 0. The van der Waals surface area contributed by atoms with Crippen molar-refractivity contribution < 1.29 is 14.3 Å². The van der Waals surface area contributed by atoms with Crippen molar-refractivity contribution in [3.63, 3.8) is 0 Å². The molecule has 1 unspecified atom stereocenters. The average molecular weight is 433 g/mol. The van der Waals surface area contributed by atoms with Crippen molar-refractivity contribution in [1.82, 2.24) is 9.80 Å². The summed E-state index contributed by atoms with van der Waals surface area (Å²) in [7, 11) is 0. The Hall–Kier alpha value is -2.82. The second-order valence-electron chi connectivity index (χ2n) is 9.46. The van der Waals surface area contributed by atoms with Crippen molar-refractivity contribution in [1.29, 1.82) is 0 Å². The van der Waals surface area contributed by atoms with Crippen LogP contribution < -0.4 is 4.74 Å². The first-order valence-electron chi connectivity index (χ1n) is 12.0. The van der Waals surface area contributed by atoms with Gasteiger partial charge in [0.05, 0.1) is 11.5 Å². The molecule has 2 aromatic carbocycles. The highest BCUT2D eigenvalue weighted by molar-refractivity contribution is 5.91. The van der Waals surface area contributed by atoms with Crippen LogP contribution >= 0.6 is 0 Å². The summed E-state index contributed by atoms with van der Waals surface area (Å²) in [5, 5.41) is 0. The van der Waals surface area contributed by atoms with Crippen LogP contribution in [0.25, 0.3) is 0 Å². The van der Waals surface area contributed by atoms with Gasteiger partial charge in [0.2, 0.25) is 5.91 Å². The van der Waals surface area contributed by atoms with Crippen LogP contribution in [0.5, 0.6) is 5.75 Å². The zero-order chi connectivity index (χ0) is 22.0. The number of hydrogen-bond acceptors (Lipinski definition) is 3. The molecule has 3 fully saturated rings. The Kier molecular flexibility index (Phi) is 5.90. The van der Waals surface area contributed by atoms with Crippen LogP contribution in [0.1, 0.15) is 56.6 Å². The smallest absolute Gasteiger partial charge is 0.260 e. The lowest BCUT2D eigenvalue weighted by Crippen LogP contribution is -2.67. The van der Waals surface area contributed by atoms with E-state index < -0.39 is 0 Å². The van der Waals surface area contributed by atoms with Gasteiger partial charge < -0.3 is 14.5 Å². The van der Waals surface area contributed by atoms with Gasteiger partial charge in [0.25, 0.3) is 5.91 Å². The summed E-state index contributed by atoms with van der Waals surface area (Å²) in [6, 6.07) is 20.4. The van der Waals surface area contributed by atoms with Crippen molar-refractivity contribution in [3.8, 4) is 5.75 Å². The van der Waals surface area contributed by atoms with Crippen molar-refractivity contribution in [2.24, 2.45) is 5.41 Å². The third-order valence-corrected chi connectivity index (χ3v) is 7.64. The molecule has 1 spiro atoms. The van der Waals surface area contributed by atoms with Gasteiger partial charge >= 0.3 is 0 Å². The van der Waals surface area contributed by atoms with Crippen molar-refractivity contribution in [3.05, 3.63) is 66.2 Å². The number of carbonyl (C=O) groups is 2. The lowest BCUT2D eigenvalue weighted by atomic mass is 9.59. The fourth-order valence-corrected chi connectivity index (χ4v) is 6.00. The van der Waals surface area contributed by atoms with E-state index in [9.17, 15) is 9.59 Å². The van der Waals surface area contributed by atoms with Gasteiger partial charge in [-0.3, -0.25) is 9.59 Å². The van der Waals surface area contributed by atoms with Gasteiger partial charge in [-0.2, -0.15) is 0 Å². The first-order chi connectivity index (χ1) is 15.7. The molecule has 1 aliphatic carbocycles. The van der Waals surface area contributed by atoms with Crippen LogP contribution in [-0.4, -0.2) is 47.4 Å². The molecular formula is C27H32N2O3. The Balaban J connectivity index is 1.23. The van der Waals surface area contributed by atoms with Crippen LogP contribution in [-0.2, 0) is 9.59 Å². The molecule has 168 valence electrons. The molecule has 0 bridgehead atoms. The normalized spacial score (nSPS) is 23.1. The number of β-lactam (4-membered cyclic amide) rings is 1. The first-order valence-corrected chi connectivity index (χ1v) is 12.0. The predicted molar refractivity (Wildman–Crippen MR) is 123 cm³/mol. The van der Waals surface area contributed by atoms with Gasteiger partial charge in [-0.15, -0.1) is 0 Å². The maximum atomic E-state index is 13.5. The predicted octanol–water partition coefficient (Wildman–Crippen LogP) is 4.59. The minimum Gasteiger partial charge on any atom is -0.484 e. The lowest BCUT2D eigenvalue weighted by molar-refractivity contribution is -0.186. The Morgan fingerprint density at radius 3 is 2.19 bits per heavy atom. The number of amides is 2. The van der Waals surface area contributed by atoms with Crippen LogP contribution in [0.3, 0.4) is 0 Å². The molecule has 5 nitrogen and oxygen atoms in total. The molecule has 2 amide bonds. The number of rotatable bonds is 5. The quantitative estimate of drug-likeness (QED) is 0.650. The van der Waals surface area contributed by atoms with Gasteiger partial charge in [-0.05, 0) is 43.4 Å². The molecule has 0 aromatic heterocycles. The Bertz CT molecular complexity index is 932. The number of ether oxygens (including phenoxy) is 1. The van der Waals surface area contributed by atoms with Gasteiger partial charge in [-0.25, -0.2) is 0 Å². The molecule has 2 heterocycles. The standard InChI is InChI=1S/C27H32N2O3/c30-24(20-32-23-12-6-2-7-13-23)28-18-14-22(15-19-28)29-25(21-10-4-1-5-11-21)27(26(29)31)16-8-3-9-17-27/h1-2,4-7,10-13,22,25H,3,8-9,14-20H2. The van der Waals surface area contributed by atoms with Crippen LogP contribution in [0, 0.1) is 5.41 Å². The number of piperidine rings is 1. The number of nitrogens with zero attached hydrogens (tertiary/aromatic N) is 2. The monoisotopic (exact) mass is 432 g/mol. The summed E-state index contributed by atoms with van der Waals surface area (Å²) >= 11 is 0. The number of likely N-dealkylation sites (tertiary alicyclic amines) is 2. The Labute approximate surface area is 190 Å². The maximum absolute atomic E-state index is 13.5. The molecular weight excluding hydrogens is 400 g/mol. The molecule has 2 aromatic rings. The minimum absolute atomic E-state index is 0.0191. The molecule has 2 aliphatic heterocycles. The third-order valence-electron chi connectivity index (χ3n) is 7.64. The van der Waals surface area contributed by atoms with E-state index in [4.69, 9.17) is 4.74 Å². The lowest BCUT2D eigenvalue weighted by Gasteiger charge is -2.61. The van der Waals surface area contributed by atoms with E-state index in [1.165, 1.54) is 12.0 Å². The highest BCUT2D eigenvalue weighted by Gasteiger charge is 2.62. The van der Waals surface area contributed by atoms with Crippen molar-refractivity contribution in [2.45, 2.75) is 57.0 Å². The van der Waals surface area contributed by atoms with E-state index in [1.54, 1.807) is 0 Å². The molecule has 1 saturated carbocycles. The summed E-state index contributed by atoms with van der Waals surface area (Å²) in [5.41, 5.74) is 1.07. The van der Waals surface area contributed by atoms with Gasteiger partial charge in [-0.1, -0.05) is 67.8 Å². The molecule has 0 N–H and O–H groups in total. The Morgan fingerprint density at radius 2 is 1.53 bits per heavy atom. The van der Waals surface area contributed by atoms with Crippen molar-refractivity contribution >= 4 is 11.8 Å². The summed E-state index contributed by atoms with van der Waals surface area (Å²) in [6.45, 7) is 1.42. The summed E-state index contributed by atoms with van der Waals surface area (Å²) in [4.78, 5) is 30.2. The number of para-hydroxylation sites is 1. The second-order valence-corrected chi connectivity index (χ2v) is 9.46. The van der Waals surface area contributed by atoms with Gasteiger partial charge in [0, 0.05) is 19.1 Å². The van der Waals surface area contributed by atoms with E-state index in [0.29, 0.717) is 24.7 Å². The maximum Gasteiger partial charge on any atom is 0.260 e. The van der Waals surface area contributed by atoms with E-state index in [1.807, 2.05) is 41.3 Å². The molecule has 5 rings (SSSR count). The largest absolute Gasteiger partial charge is 0.484 e. The highest BCUT2D eigenvalue weighted by Crippen LogP contribution is 2.59. The number of carbonyl (C=O) groups excluding carboxylic acids is 2. The average Bonchev–Trinajstić information content (AvgIpc) is 2.87. The molecule has 32 heavy (non-hydrogen) atoms. The SMILES string of the molecule is O=C(COc1ccccc1)N1CCC(N2C(=O)C3(CCCCC3)C2c2ccccc2)CC1. The van der Waals surface area contributed by atoms with Crippen LogP contribution in [0.15, 0.2) is 60.7 Å². The fourth-order valence-electron chi connectivity index (χ4n) is 6.00. The summed E-state index contributed by atoms with van der Waals surface area (Å²) in [6.07, 6.45) is 7.23. The molecule has 3 aliphatic rings. The van der Waals surface area contributed by atoms with Gasteiger partial charge in [0.15, 0.2) is 6.61 Å². The second kappa shape index (κ2) is 8.97. The fraction of sp³-hybridized carbons (Fsp3) is 0.481. The molecule has 2 saturated heterocycles. The summed E-state index contributed by atoms with van der Waals surface area (Å²) < 4.78 is 5.64. The number of benzene rings is 2. The van der Waals surface area contributed by atoms with E-state index >= 15 is 0 Å². The molecule has 0 radical (unpaired) electrons. The van der Waals surface area contributed by atoms with E-state index in [-0.39, 0.29) is 30.0 Å². The molecule has 1 atom stereocenters. The highest BCUT2D eigenvalue weighted by atomic mass is 16.5. The minimum atomic E-state index is -0.198. The topological polar surface area (TPSA) is 49.9 Å². The summed E-state index contributed by atoms with van der Waals surface area (Å²) in [5.74, 6) is 1.08. The van der Waals surface area contributed by atoms with Crippen LogP contribution in [0.2, 0.25) is 0 Å². The Morgan fingerprint density at radius 1 is 0.906 bits per heavy atom. The van der Waals surface area contributed by atoms with Crippen LogP contribution in [0.4, 0.5) is 0 Å². The van der Waals surface area contributed by atoms with Gasteiger partial charge in [0.1, 0.15) is 5.75 Å². The zero-order valence-corrected chi connectivity index (χ0v) is 18.6. The van der Waals surface area contributed by atoms with E-state index in [2.05, 4.69) is 29.2 Å².